The molecule has 0 aromatic rings. The summed E-state index contributed by atoms with van der Waals surface area (Å²) in [5, 5.41) is 10.0. The standard InChI is InChI=1S/C12H22INO2.Ac/c1-14-8-6-11(15)10(9-14)12(16-2)5-3-4-7-13;/h4,7,10-12,15H,3,5-6,8-9H2,1-2H3;/b7-4+;. The molecule has 97 valence electrons. The van der Waals surface area contributed by atoms with E-state index in [0.29, 0.717) is 0 Å². The van der Waals surface area contributed by atoms with Gasteiger partial charge in [0.1, 0.15) is 0 Å². The number of likely N-dealkylation sites (tertiary alicyclic amines) is 1. The second-order valence-corrected chi connectivity index (χ2v) is 5.21. The fourth-order valence-corrected chi connectivity index (χ4v) is 2.69. The first kappa shape index (κ1) is 18.8. The normalized spacial score (nSPS) is 28.0. The summed E-state index contributed by atoms with van der Waals surface area (Å²) in [6.07, 6.45) is 4.99. The Kier molecular flexibility index (Phi) is 11.7. The average molecular weight is 566 g/mol. The maximum atomic E-state index is 10.0. The van der Waals surface area contributed by atoms with Crippen LogP contribution in [0.15, 0.2) is 10.2 Å². The Morgan fingerprint density at radius 1 is 1.59 bits per heavy atom. The van der Waals surface area contributed by atoms with Crippen molar-refractivity contribution in [2.24, 2.45) is 5.92 Å². The molecule has 0 bridgehead atoms. The van der Waals surface area contributed by atoms with Crippen molar-refractivity contribution < 1.29 is 53.9 Å². The number of rotatable bonds is 5. The van der Waals surface area contributed by atoms with Crippen LogP contribution < -0.4 is 0 Å². The predicted molar refractivity (Wildman–Crippen MR) is 74.8 cm³/mol. The fourth-order valence-electron chi connectivity index (χ4n) is 2.34. The summed E-state index contributed by atoms with van der Waals surface area (Å²) in [5.41, 5.74) is 0. The van der Waals surface area contributed by atoms with Gasteiger partial charge in [-0.3, -0.25) is 0 Å². The van der Waals surface area contributed by atoms with Gasteiger partial charge in [0.25, 0.3) is 0 Å². The van der Waals surface area contributed by atoms with E-state index >= 15 is 0 Å². The monoisotopic (exact) mass is 566 g/mol. The summed E-state index contributed by atoms with van der Waals surface area (Å²) in [6, 6.07) is 0. The second kappa shape index (κ2) is 10.6. The molecule has 1 radical (unpaired) electrons. The number of methoxy groups -OCH3 is 1. The van der Waals surface area contributed by atoms with Crippen molar-refractivity contribution in [1.82, 2.24) is 4.90 Å². The van der Waals surface area contributed by atoms with E-state index in [9.17, 15) is 5.11 Å². The molecule has 0 spiro atoms. The summed E-state index contributed by atoms with van der Waals surface area (Å²) >= 11 is 2.23. The molecule has 0 aromatic heterocycles. The first-order valence-corrected chi connectivity index (χ1v) is 7.08. The van der Waals surface area contributed by atoms with Gasteiger partial charge >= 0.3 is 0 Å². The minimum absolute atomic E-state index is 0. The molecule has 1 N–H and O–H groups in total. The molecule has 1 saturated heterocycles. The van der Waals surface area contributed by atoms with Gasteiger partial charge in [0.05, 0.1) is 12.2 Å². The summed E-state index contributed by atoms with van der Waals surface area (Å²) in [4.78, 5) is 2.28. The zero-order chi connectivity index (χ0) is 12.0. The quantitative estimate of drug-likeness (QED) is 0.518. The third kappa shape index (κ3) is 6.67. The number of halogens is 1. The van der Waals surface area contributed by atoms with Gasteiger partial charge in [-0.25, -0.2) is 0 Å². The largest absolute Gasteiger partial charge is 0.393 e. The molecule has 17 heavy (non-hydrogen) atoms. The first-order chi connectivity index (χ1) is 7.69. The molecular formula is C12H22AcINO2. The van der Waals surface area contributed by atoms with Crippen LogP contribution in [0.5, 0.6) is 0 Å². The molecular weight excluding hydrogens is 544 g/mol. The molecule has 3 nitrogen and oxygen atoms in total. The molecule has 1 heterocycles. The van der Waals surface area contributed by atoms with Gasteiger partial charge in [-0.15, -0.1) is 0 Å². The van der Waals surface area contributed by atoms with Gasteiger partial charge < -0.3 is 14.7 Å². The van der Waals surface area contributed by atoms with Gasteiger partial charge in [-0.1, -0.05) is 28.7 Å². The van der Waals surface area contributed by atoms with Crippen LogP contribution in [-0.4, -0.2) is 49.5 Å². The van der Waals surface area contributed by atoms with Crippen LogP contribution in [0.4, 0.5) is 0 Å². The second-order valence-electron chi connectivity index (χ2n) is 4.50. The number of hydrogen-bond donors (Lipinski definition) is 1. The number of ether oxygens (including phenoxy) is 1. The van der Waals surface area contributed by atoms with Gasteiger partial charge in [-0.05, 0) is 30.4 Å². The van der Waals surface area contributed by atoms with Gasteiger partial charge in [0.2, 0.25) is 0 Å². The van der Waals surface area contributed by atoms with Gasteiger partial charge in [0.15, 0.2) is 0 Å². The van der Waals surface area contributed by atoms with Crippen LogP contribution in [0.2, 0.25) is 0 Å². The Labute approximate surface area is 154 Å². The average Bonchev–Trinajstić information content (AvgIpc) is 2.28. The molecule has 1 aliphatic heterocycles. The molecule has 0 saturated carbocycles. The van der Waals surface area contributed by atoms with E-state index in [-0.39, 0.29) is 62.2 Å². The molecule has 0 aromatic carbocycles. The molecule has 3 unspecified atom stereocenters. The van der Waals surface area contributed by atoms with E-state index in [1.165, 1.54) is 0 Å². The van der Waals surface area contributed by atoms with Crippen molar-refractivity contribution in [3.63, 3.8) is 0 Å². The van der Waals surface area contributed by atoms with E-state index in [1.807, 2.05) is 4.08 Å². The summed E-state index contributed by atoms with van der Waals surface area (Å²) in [5.74, 6) is 0.256. The van der Waals surface area contributed by atoms with Gasteiger partial charge in [-0.2, -0.15) is 0 Å². The van der Waals surface area contributed by atoms with Crippen molar-refractivity contribution in [3.8, 4) is 0 Å². The third-order valence-electron chi connectivity index (χ3n) is 3.31. The topological polar surface area (TPSA) is 32.7 Å². The molecule has 0 aliphatic carbocycles. The SMILES string of the molecule is COC(CC/C=C/I)C1CN(C)CCC1O.[Ac]. The summed E-state index contributed by atoms with van der Waals surface area (Å²) in [7, 11) is 3.86. The van der Waals surface area contributed by atoms with Crippen LogP contribution in [0.1, 0.15) is 19.3 Å². The van der Waals surface area contributed by atoms with Crippen molar-refractivity contribution in [2.45, 2.75) is 31.5 Å². The minimum Gasteiger partial charge on any atom is -0.393 e. The van der Waals surface area contributed by atoms with Crippen LogP contribution in [0.3, 0.4) is 0 Å². The Hall–Kier alpha value is 1.79. The number of aliphatic hydroxyl groups is 1. The first-order valence-electron chi connectivity index (χ1n) is 5.83. The fraction of sp³-hybridized carbons (Fsp3) is 0.833. The van der Waals surface area contributed by atoms with E-state index < -0.39 is 0 Å². The van der Waals surface area contributed by atoms with Crippen molar-refractivity contribution >= 4 is 22.6 Å². The van der Waals surface area contributed by atoms with Crippen molar-refractivity contribution in [2.75, 3.05) is 27.2 Å². The van der Waals surface area contributed by atoms with Crippen LogP contribution >= 0.6 is 22.6 Å². The zero-order valence-corrected chi connectivity index (χ0v) is 17.6. The zero-order valence-electron chi connectivity index (χ0n) is 10.7. The Balaban J connectivity index is 0.00000256. The Morgan fingerprint density at radius 3 is 2.88 bits per heavy atom. The van der Waals surface area contributed by atoms with E-state index in [2.05, 4.69) is 40.6 Å². The maximum absolute atomic E-state index is 10.0. The molecule has 1 rings (SSSR count). The summed E-state index contributed by atoms with van der Waals surface area (Å²) < 4.78 is 7.57. The predicted octanol–water partition coefficient (Wildman–Crippen LogP) is 2.04. The third-order valence-corrected chi connectivity index (χ3v) is 3.82. The summed E-state index contributed by atoms with van der Waals surface area (Å²) in [6.45, 7) is 1.93. The van der Waals surface area contributed by atoms with Crippen LogP contribution in [0, 0.1) is 50.0 Å². The Bertz CT molecular complexity index is 229. The smallest absolute Gasteiger partial charge is 0.0639 e. The minimum atomic E-state index is -0.204. The van der Waals surface area contributed by atoms with E-state index in [1.54, 1.807) is 7.11 Å². The van der Waals surface area contributed by atoms with Crippen molar-refractivity contribution in [3.05, 3.63) is 10.2 Å². The van der Waals surface area contributed by atoms with Crippen LogP contribution in [0.25, 0.3) is 0 Å². The van der Waals surface area contributed by atoms with Crippen LogP contribution in [-0.2, 0) is 4.74 Å². The number of aliphatic hydroxyl groups excluding tert-OH is 1. The van der Waals surface area contributed by atoms with Gasteiger partial charge in [0, 0.05) is 70.2 Å². The molecule has 5 heteroatoms. The number of allylic oxidation sites excluding steroid dienone is 1. The number of hydrogen-bond acceptors (Lipinski definition) is 3. The number of piperidine rings is 1. The van der Waals surface area contributed by atoms with E-state index in [4.69, 9.17) is 4.74 Å². The molecule has 1 aliphatic rings. The number of nitrogens with zero attached hydrogens (tertiary/aromatic N) is 1. The maximum Gasteiger partial charge on any atom is 0.0639 e. The molecule has 0 amide bonds. The molecule has 1 fully saturated rings. The molecule has 3 atom stereocenters. The Morgan fingerprint density at radius 2 is 2.29 bits per heavy atom. The van der Waals surface area contributed by atoms with E-state index in [0.717, 1.165) is 32.4 Å². The van der Waals surface area contributed by atoms with Crippen molar-refractivity contribution in [1.29, 1.82) is 0 Å².